The van der Waals surface area contributed by atoms with Crippen molar-refractivity contribution in [3.8, 4) is 0 Å². The summed E-state index contributed by atoms with van der Waals surface area (Å²) in [6.07, 6.45) is 2.63. The summed E-state index contributed by atoms with van der Waals surface area (Å²) in [5.41, 5.74) is 0. The molecule has 0 aliphatic carbocycles. The fraction of sp³-hybridized carbons (Fsp3) is 0.364. The van der Waals surface area contributed by atoms with Crippen molar-refractivity contribution in [2.24, 2.45) is 0 Å². The zero-order chi connectivity index (χ0) is 13.2. The van der Waals surface area contributed by atoms with Crippen LogP contribution in [0.25, 0.3) is 0 Å². The number of rotatable bonds is 5. The van der Waals surface area contributed by atoms with Crippen molar-refractivity contribution in [1.82, 2.24) is 9.29 Å². The molecule has 18 heavy (non-hydrogen) atoms. The fourth-order valence-corrected chi connectivity index (χ4v) is 4.80. The predicted molar refractivity (Wildman–Crippen MR) is 74.5 cm³/mol. The van der Waals surface area contributed by atoms with Crippen LogP contribution in [0.3, 0.4) is 0 Å². The molecule has 0 fully saturated rings. The maximum absolute atomic E-state index is 12.2. The molecule has 0 bridgehead atoms. The second kappa shape index (κ2) is 5.48. The SMILES string of the molecule is CCc1ncc(CN(C)S(=O)(=O)c2cccs2)s1. The summed E-state index contributed by atoms with van der Waals surface area (Å²) in [4.78, 5) is 5.20. The molecule has 2 rings (SSSR count). The highest BCUT2D eigenvalue weighted by Crippen LogP contribution is 2.23. The van der Waals surface area contributed by atoms with Crippen LogP contribution in [0.1, 0.15) is 16.8 Å². The van der Waals surface area contributed by atoms with E-state index < -0.39 is 10.0 Å². The lowest BCUT2D eigenvalue weighted by molar-refractivity contribution is 0.471. The van der Waals surface area contributed by atoms with E-state index >= 15 is 0 Å². The van der Waals surface area contributed by atoms with E-state index in [4.69, 9.17) is 0 Å². The minimum Gasteiger partial charge on any atom is -0.249 e. The van der Waals surface area contributed by atoms with Gasteiger partial charge in [0, 0.05) is 24.7 Å². The predicted octanol–water partition coefficient (Wildman–Crippen LogP) is 2.59. The molecule has 0 N–H and O–H groups in total. The quantitative estimate of drug-likeness (QED) is 0.853. The number of sulfonamides is 1. The average Bonchev–Trinajstić information content (AvgIpc) is 2.99. The summed E-state index contributed by atoms with van der Waals surface area (Å²) >= 11 is 2.80. The van der Waals surface area contributed by atoms with E-state index in [1.54, 1.807) is 42.1 Å². The van der Waals surface area contributed by atoms with E-state index in [0.29, 0.717) is 10.8 Å². The first-order valence-electron chi connectivity index (χ1n) is 5.47. The van der Waals surface area contributed by atoms with Gasteiger partial charge in [0.15, 0.2) is 0 Å². The molecule has 0 amide bonds. The normalized spacial score (nSPS) is 12.2. The zero-order valence-electron chi connectivity index (χ0n) is 10.2. The van der Waals surface area contributed by atoms with Gasteiger partial charge in [0.1, 0.15) is 4.21 Å². The lowest BCUT2D eigenvalue weighted by Gasteiger charge is -2.14. The van der Waals surface area contributed by atoms with Crippen LogP contribution in [-0.2, 0) is 23.0 Å². The van der Waals surface area contributed by atoms with Crippen LogP contribution in [-0.4, -0.2) is 24.8 Å². The van der Waals surface area contributed by atoms with Crippen LogP contribution >= 0.6 is 22.7 Å². The molecule has 2 heterocycles. The molecule has 4 nitrogen and oxygen atoms in total. The first-order valence-corrected chi connectivity index (χ1v) is 8.61. The Kier molecular flexibility index (Phi) is 4.16. The highest BCUT2D eigenvalue weighted by atomic mass is 32.2. The molecule has 0 saturated heterocycles. The monoisotopic (exact) mass is 302 g/mol. The summed E-state index contributed by atoms with van der Waals surface area (Å²) < 4.78 is 26.1. The fourth-order valence-electron chi connectivity index (χ4n) is 1.45. The largest absolute Gasteiger partial charge is 0.252 e. The molecular formula is C11H14N2O2S3. The van der Waals surface area contributed by atoms with Crippen molar-refractivity contribution < 1.29 is 8.42 Å². The van der Waals surface area contributed by atoms with Gasteiger partial charge in [-0.25, -0.2) is 13.4 Å². The van der Waals surface area contributed by atoms with Gasteiger partial charge < -0.3 is 0 Å². The second-order valence-electron chi connectivity index (χ2n) is 3.77. The molecule has 0 spiro atoms. The number of hydrogen-bond donors (Lipinski definition) is 0. The molecule has 0 saturated carbocycles. The van der Waals surface area contributed by atoms with Crippen LogP contribution in [0, 0.1) is 0 Å². The maximum atomic E-state index is 12.2. The lowest BCUT2D eigenvalue weighted by Crippen LogP contribution is -2.25. The standard InChI is InChI=1S/C11H14N2O2S3/c1-3-10-12-7-9(17-10)8-13(2)18(14,15)11-5-4-6-16-11/h4-7H,3,8H2,1-2H3. The Morgan fingerprint density at radius 1 is 1.44 bits per heavy atom. The van der Waals surface area contributed by atoms with Gasteiger partial charge in [-0.3, -0.25) is 0 Å². The molecule has 0 unspecified atom stereocenters. The van der Waals surface area contributed by atoms with Gasteiger partial charge >= 0.3 is 0 Å². The third-order valence-electron chi connectivity index (χ3n) is 2.44. The molecular weight excluding hydrogens is 288 g/mol. The molecule has 7 heteroatoms. The van der Waals surface area contributed by atoms with Crippen molar-refractivity contribution in [3.05, 3.63) is 33.6 Å². The first kappa shape index (κ1) is 13.7. The van der Waals surface area contributed by atoms with Crippen LogP contribution in [0.4, 0.5) is 0 Å². The maximum Gasteiger partial charge on any atom is 0.252 e. The van der Waals surface area contributed by atoms with Crippen molar-refractivity contribution in [3.63, 3.8) is 0 Å². The third-order valence-corrected chi connectivity index (χ3v) is 6.74. The van der Waals surface area contributed by atoms with Gasteiger partial charge in [0.25, 0.3) is 10.0 Å². The van der Waals surface area contributed by atoms with E-state index in [2.05, 4.69) is 4.98 Å². The summed E-state index contributed by atoms with van der Waals surface area (Å²) in [7, 11) is -1.76. The smallest absolute Gasteiger partial charge is 0.249 e. The molecule has 0 aromatic carbocycles. The van der Waals surface area contributed by atoms with Gasteiger partial charge in [-0.05, 0) is 17.9 Å². The molecule has 0 aliphatic rings. The van der Waals surface area contributed by atoms with E-state index in [1.807, 2.05) is 6.92 Å². The van der Waals surface area contributed by atoms with Crippen LogP contribution in [0.2, 0.25) is 0 Å². The van der Waals surface area contributed by atoms with E-state index in [9.17, 15) is 8.42 Å². The highest BCUT2D eigenvalue weighted by Gasteiger charge is 2.22. The number of thiophene rings is 1. The van der Waals surface area contributed by atoms with Crippen molar-refractivity contribution in [1.29, 1.82) is 0 Å². The number of aryl methyl sites for hydroxylation is 1. The minimum absolute atomic E-state index is 0.373. The Hall–Kier alpha value is -0.760. The van der Waals surface area contributed by atoms with Crippen molar-refractivity contribution >= 4 is 32.7 Å². The first-order chi connectivity index (χ1) is 8.54. The number of thiazole rings is 1. The van der Waals surface area contributed by atoms with E-state index in [-0.39, 0.29) is 0 Å². The number of hydrogen-bond acceptors (Lipinski definition) is 5. The molecule has 2 aromatic heterocycles. The molecule has 0 atom stereocenters. The Morgan fingerprint density at radius 3 is 2.78 bits per heavy atom. The summed E-state index contributed by atoms with van der Waals surface area (Å²) in [6, 6.07) is 3.37. The van der Waals surface area contributed by atoms with Gasteiger partial charge in [0.2, 0.25) is 0 Å². The molecule has 2 aromatic rings. The van der Waals surface area contributed by atoms with Gasteiger partial charge in [0.05, 0.1) is 5.01 Å². The average molecular weight is 302 g/mol. The van der Waals surface area contributed by atoms with E-state index in [1.165, 1.54) is 15.6 Å². The van der Waals surface area contributed by atoms with Crippen molar-refractivity contribution in [2.75, 3.05) is 7.05 Å². The van der Waals surface area contributed by atoms with Gasteiger partial charge in [-0.1, -0.05) is 13.0 Å². The molecule has 0 aliphatic heterocycles. The van der Waals surface area contributed by atoms with Gasteiger partial charge in [-0.2, -0.15) is 4.31 Å². The van der Waals surface area contributed by atoms with Crippen LogP contribution < -0.4 is 0 Å². The van der Waals surface area contributed by atoms with E-state index in [0.717, 1.165) is 16.3 Å². The lowest BCUT2D eigenvalue weighted by atomic mass is 10.5. The topological polar surface area (TPSA) is 50.3 Å². The molecule has 98 valence electrons. The Morgan fingerprint density at radius 2 is 2.22 bits per heavy atom. The van der Waals surface area contributed by atoms with Crippen LogP contribution in [0.5, 0.6) is 0 Å². The van der Waals surface area contributed by atoms with Crippen LogP contribution in [0.15, 0.2) is 27.9 Å². The Balaban J connectivity index is 2.15. The Bertz CT molecular complexity index is 602. The number of aromatic nitrogens is 1. The second-order valence-corrected chi connectivity index (χ2v) is 8.19. The minimum atomic E-state index is -3.36. The molecule has 0 radical (unpaired) electrons. The van der Waals surface area contributed by atoms with Crippen molar-refractivity contribution in [2.45, 2.75) is 24.1 Å². The zero-order valence-corrected chi connectivity index (χ0v) is 12.6. The number of nitrogens with zero attached hydrogens (tertiary/aromatic N) is 2. The summed E-state index contributed by atoms with van der Waals surface area (Å²) in [6.45, 7) is 2.41. The Labute approximate surface area is 115 Å². The third kappa shape index (κ3) is 2.80. The highest BCUT2D eigenvalue weighted by molar-refractivity contribution is 7.91. The summed E-state index contributed by atoms with van der Waals surface area (Å²) in [5, 5.41) is 2.80. The summed E-state index contributed by atoms with van der Waals surface area (Å²) in [5.74, 6) is 0. The van der Waals surface area contributed by atoms with Gasteiger partial charge in [-0.15, -0.1) is 22.7 Å².